The van der Waals surface area contributed by atoms with Gasteiger partial charge in [0.05, 0.1) is 27.4 Å². The number of phosphoric acid groups is 1. The first kappa shape index (κ1) is 24.5. The van der Waals surface area contributed by atoms with E-state index in [0.29, 0.717) is 48.5 Å². The van der Waals surface area contributed by atoms with Crippen molar-refractivity contribution in [2.45, 2.75) is 56.8 Å². The molecule has 0 radical (unpaired) electrons. The zero-order valence-electron chi connectivity index (χ0n) is 18.3. The van der Waals surface area contributed by atoms with Gasteiger partial charge in [-0.3, -0.25) is 4.48 Å². The number of benzene rings is 1. The molecule has 1 aromatic carbocycles. The van der Waals surface area contributed by atoms with Crippen LogP contribution in [-0.4, -0.2) is 78.3 Å². The highest BCUT2D eigenvalue weighted by atomic mass is 31.2. The fourth-order valence-electron chi connectivity index (χ4n) is 4.98. The van der Waals surface area contributed by atoms with Crippen LogP contribution in [0.2, 0.25) is 0 Å². The van der Waals surface area contributed by atoms with E-state index < -0.39 is 13.9 Å². The molecule has 1 aliphatic carbocycles. The third kappa shape index (κ3) is 6.42. The van der Waals surface area contributed by atoms with Gasteiger partial charge in [0.2, 0.25) is 0 Å². The fourth-order valence-corrected chi connectivity index (χ4v) is 5.36. The van der Waals surface area contributed by atoms with Gasteiger partial charge in [-0.15, -0.1) is 0 Å². The third-order valence-corrected chi connectivity index (χ3v) is 6.96. The summed E-state index contributed by atoms with van der Waals surface area (Å²) < 4.78 is 33.6. The number of nitrogens with zero attached hydrogens (tertiary/aromatic N) is 1. The van der Waals surface area contributed by atoms with Crippen molar-refractivity contribution in [3.05, 3.63) is 23.8 Å². The minimum Gasteiger partial charge on any atom is -0.493 e. The highest BCUT2D eigenvalue weighted by molar-refractivity contribution is 7.46. The maximum absolute atomic E-state index is 11.4. The van der Waals surface area contributed by atoms with Gasteiger partial charge in [-0.25, -0.2) is 9.09 Å². The Bertz CT molecular complexity index is 772. The number of aliphatic hydroxyl groups is 1. The van der Waals surface area contributed by atoms with Gasteiger partial charge in [-0.2, -0.15) is 0 Å². The molecule has 1 saturated carbocycles. The van der Waals surface area contributed by atoms with Gasteiger partial charge in [0.15, 0.2) is 18.2 Å². The number of hydrogen-bond donors (Lipinski definition) is 3. The second kappa shape index (κ2) is 10.6. The van der Waals surface area contributed by atoms with Crippen molar-refractivity contribution >= 4 is 7.82 Å². The Morgan fingerprint density at radius 2 is 1.84 bits per heavy atom. The van der Waals surface area contributed by atoms with Crippen molar-refractivity contribution in [2.24, 2.45) is 0 Å². The number of quaternary nitrogens is 1. The van der Waals surface area contributed by atoms with E-state index in [9.17, 15) is 19.5 Å². The zero-order chi connectivity index (χ0) is 22.5. The molecule has 10 heteroatoms. The maximum atomic E-state index is 11.4. The Labute approximate surface area is 183 Å². The number of hydrogen-bond acceptors (Lipinski definition) is 6. The molecular formula is C21H35NO8P+. The Balaban J connectivity index is 1.66. The molecule has 0 spiro atoms. The van der Waals surface area contributed by atoms with E-state index >= 15 is 0 Å². The molecule has 3 rings (SSSR count). The molecule has 0 aromatic heterocycles. The van der Waals surface area contributed by atoms with E-state index in [2.05, 4.69) is 0 Å². The van der Waals surface area contributed by atoms with Crippen LogP contribution in [-0.2, 0) is 20.2 Å². The third-order valence-electron chi connectivity index (χ3n) is 6.51. The number of phosphoric ester groups is 1. The van der Waals surface area contributed by atoms with Crippen molar-refractivity contribution in [1.82, 2.24) is 0 Å². The summed E-state index contributed by atoms with van der Waals surface area (Å²) in [4.78, 5) is 18.5. The average Bonchev–Trinajstić information content (AvgIpc) is 3.14. The molecule has 4 atom stereocenters. The van der Waals surface area contributed by atoms with Gasteiger partial charge in [0, 0.05) is 12.8 Å². The van der Waals surface area contributed by atoms with Crippen LogP contribution in [0.25, 0.3) is 0 Å². The van der Waals surface area contributed by atoms with E-state index in [1.54, 1.807) is 14.2 Å². The molecule has 2 aliphatic rings. The summed E-state index contributed by atoms with van der Waals surface area (Å²) in [6, 6.07) is 5.85. The van der Waals surface area contributed by atoms with Gasteiger partial charge >= 0.3 is 7.82 Å². The first-order chi connectivity index (χ1) is 14.8. The van der Waals surface area contributed by atoms with Crippen molar-refractivity contribution in [2.75, 3.05) is 40.6 Å². The highest BCUT2D eigenvalue weighted by Gasteiger charge is 2.49. The minimum absolute atomic E-state index is 0.0421. The van der Waals surface area contributed by atoms with Crippen molar-refractivity contribution in [1.29, 1.82) is 0 Å². The van der Waals surface area contributed by atoms with Crippen LogP contribution in [0.3, 0.4) is 0 Å². The summed E-state index contributed by atoms with van der Waals surface area (Å²) in [7, 11) is -1.37. The van der Waals surface area contributed by atoms with Crippen LogP contribution in [0.4, 0.5) is 0 Å². The predicted molar refractivity (Wildman–Crippen MR) is 114 cm³/mol. The van der Waals surface area contributed by atoms with Gasteiger partial charge < -0.3 is 29.1 Å². The molecule has 1 aromatic rings. The number of rotatable bonds is 10. The topological polar surface area (TPSA) is 115 Å². The van der Waals surface area contributed by atoms with Crippen LogP contribution in [0.15, 0.2) is 18.2 Å². The molecule has 31 heavy (non-hydrogen) atoms. The number of ether oxygens (including phenoxy) is 3. The fraction of sp³-hybridized carbons (Fsp3) is 0.714. The second-order valence-electron chi connectivity index (χ2n) is 8.52. The monoisotopic (exact) mass is 460 g/mol. The van der Waals surface area contributed by atoms with E-state index in [4.69, 9.17) is 18.7 Å². The molecule has 0 unspecified atom stereocenters. The van der Waals surface area contributed by atoms with Crippen LogP contribution in [0, 0.1) is 0 Å². The normalized spacial score (nSPS) is 29.1. The van der Waals surface area contributed by atoms with E-state index in [1.807, 2.05) is 18.2 Å². The largest absolute Gasteiger partial charge is 0.493 e. The summed E-state index contributed by atoms with van der Waals surface area (Å²) >= 11 is 0. The predicted octanol–water partition coefficient (Wildman–Crippen LogP) is 2.22. The van der Waals surface area contributed by atoms with Crippen molar-refractivity contribution < 1.29 is 42.7 Å². The first-order valence-electron chi connectivity index (χ1n) is 10.8. The van der Waals surface area contributed by atoms with Crippen molar-refractivity contribution in [3.63, 3.8) is 0 Å². The van der Waals surface area contributed by atoms with Gasteiger partial charge in [0.25, 0.3) is 0 Å². The average molecular weight is 460 g/mol. The molecule has 1 saturated heterocycles. The van der Waals surface area contributed by atoms with E-state index in [1.165, 1.54) is 0 Å². The number of aliphatic hydroxyl groups excluding tert-OH is 1. The lowest BCUT2D eigenvalue weighted by Gasteiger charge is -2.46. The molecule has 0 bridgehead atoms. The van der Waals surface area contributed by atoms with Crippen LogP contribution in [0.5, 0.6) is 11.5 Å². The number of methoxy groups -OCH3 is 2. The molecule has 176 valence electrons. The molecule has 9 nitrogen and oxygen atoms in total. The quantitative estimate of drug-likeness (QED) is 0.360. The summed E-state index contributed by atoms with van der Waals surface area (Å²) in [5.41, 5.74) is 1.08. The molecule has 2 fully saturated rings. The van der Waals surface area contributed by atoms with Crippen LogP contribution < -0.4 is 9.47 Å². The minimum atomic E-state index is -4.59. The summed E-state index contributed by atoms with van der Waals surface area (Å²) in [6.45, 7) is 1.47. The maximum Gasteiger partial charge on any atom is 0.474 e. The first-order valence-corrected chi connectivity index (χ1v) is 12.4. The zero-order valence-corrected chi connectivity index (χ0v) is 19.2. The molecular weight excluding hydrogens is 425 g/mol. The standard InChI is InChI=1S/C21H34NO8P/c1-27-20-8-7-16(13-21(20)28-2)10-12-29-19-6-4-3-5-18(19)22(11-9-17(23)14-22)15-30-31(24,25)26/h7-8,13,17-19,23H,3-6,9-12,14-15H2,1-2H3,(H-,24,25,26)/p+1/t17-,18-,19-,22-/m1/s1. The Morgan fingerprint density at radius 3 is 2.48 bits per heavy atom. The van der Waals surface area contributed by atoms with Crippen LogP contribution >= 0.6 is 7.82 Å². The van der Waals surface area contributed by atoms with E-state index in [0.717, 1.165) is 31.2 Å². The van der Waals surface area contributed by atoms with Crippen LogP contribution in [0.1, 0.15) is 37.7 Å². The summed E-state index contributed by atoms with van der Waals surface area (Å²) in [6.07, 6.45) is 4.64. The lowest BCUT2D eigenvalue weighted by atomic mass is 9.89. The van der Waals surface area contributed by atoms with Gasteiger partial charge in [0.1, 0.15) is 24.8 Å². The Morgan fingerprint density at radius 1 is 1.10 bits per heavy atom. The Kier molecular flexibility index (Phi) is 8.37. The SMILES string of the molecule is COc1ccc(CCO[C@@H]2CCCC[C@H]2[N@+]2(COP(=O)(O)O)CC[C@@H](O)C2)cc1OC. The van der Waals surface area contributed by atoms with Crippen molar-refractivity contribution in [3.8, 4) is 11.5 Å². The summed E-state index contributed by atoms with van der Waals surface area (Å²) in [5, 5.41) is 10.2. The lowest BCUT2D eigenvalue weighted by Crippen LogP contribution is -2.61. The number of likely N-dealkylation sites (tertiary alicyclic amines) is 1. The van der Waals surface area contributed by atoms with Gasteiger partial charge in [-0.1, -0.05) is 12.5 Å². The Hall–Kier alpha value is -1.19. The van der Waals surface area contributed by atoms with E-state index in [-0.39, 0.29) is 18.9 Å². The lowest BCUT2D eigenvalue weighted by molar-refractivity contribution is -0.960. The smallest absolute Gasteiger partial charge is 0.474 e. The molecule has 1 aliphatic heterocycles. The molecule has 3 N–H and O–H groups in total. The molecule has 0 amide bonds. The van der Waals surface area contributed by atoms with Gasteiger partial charge in [-0.05, 0) is 37.0 Å². The highest BCUT2D eigenvalue weighted by Crippen LogP contribution is 2.41. The summed E-state index contributed by atoms with van der Waals surface area (Å²) in [5.74, 6) is 1.37. The second-order valence-corrected chi connectivity index (χ2v) is 9.76. The molecule has 1 heterocycles.